The van der Waals surface area contributed by atoms with Gasteiger partial charge in [-0.3, -0.25) is 4.79 Å². The van der Waals surface area contributed by atoms with Crippen molar-refractivity contribution in [2.75, 3.05) is 6.54 Å². The summed E-state index contributed by atoms with van der Waals surface area (Å²) in [7, 11) is 0. The van der Waals surface area contributed by atoms with Crippen LogP contribution in [0.25, 0.3) is 11.1 Å². The molecular formula is C22H19F2NO. The first kappa shape index (κ1) is 17.8. The lowest BCUT2D eigenvalue weighted by Crippen LogP contribution is -2.27. The fourth-order valence-electron chi connectivity index (χ4n) is 2.81. The molecule has 3 rings (SSSR count). The van der Waals surface area contributed by atoms with E-state index in [1.54, 1.807) is 18.2 Å². The fourth-order valence-corrected chi connectivity index (χ4v) is 2.81. The summed E-state index contributed by atoms with van der Waals surface area (Å²) < 4.78 is 27.4. The highest BCUT2D eigenvalue weighted by atomic mass is 19.1. The van der Waals surface area contributed by atoms with Crippen LogP contribution in [0.1, 0.15) is 11.1 Å². The molecule has 4 heteroatoms. The molecule has 0 saturated carbocycles. The first-order valence-corrected chi connectivity index (χ1v) is 8.47. The van der Waals surface area contributed by atoms with E-state index in [1.807, 2.05) is 36.4 Å². The van der Waals surface area contributed by atoms with Crippen molar-refractivity contribution in [3.8, 4) is 11.1 Å². The van der Waals surface area contributed by atoms with Crippen LogP contribution >= 0.6 is 0 Å². The predicted octanol–water partition coefficient (Wildman–Crippen LogP) is 4.53. The van der Waals surface area contributed by atoms with Crippen LogP contribution in [0, 0.1) is 11.6 Å². The molecule has 0 bridgehead atoms. The Labute approximate surface area is 151 Å². The number of halogens is 2. The van der Waals surface area contributed by atoms with Crippen molar-refractivity contribution >= 4 is 5.91 Å². The summed E-state index contributed by atoms with van der Waals surface area (Å²) in [5.41, 5.74) is 2.76. The summed E-state index contributed by atoms with van der Waals surface area (Å²) in [4.78, 5) is 12.0. The summed E-state index contributed by atoms with van der Waals surface area (Å²) >= 11 is 0. The van der Waals surface area contributed by atoms with Gasteiger partial charge in [-0.15, -0.1) is 0 Å². The van der Waals surface area contributed by atoms with Crippen molar-refractivity contribution in [2.24, 2.45) is 0 Å². The molecule has 0 aliphatic rings. The third kappa shape index (κ3) is 4.76. The minimum atomic E-state index is -0.346. The summed E-state index contributed by atoms with van der Waals surface area (Å²) in [6, 6.07) is 20.4. The van der Waals surface area contributed by atoms with E-state index in [9.17, 15) is 13.6 Å². The number of nitrogens with one attached hydrogen (secondary N) is 1. The molecule has 0 heterocycles. The van der Waals surface area contributed by atoms with Gasteiger partial charge in [-0.2, -0.15) is 0 Å². The summed E-state index contributed by atoms with van der Waals surface area (Å²) in [5, 5.41) is 2.78. The molecule has 0 saturated heterocycles. The van der Waals surface area contributed by atoms with Crippen LogP contribution in [0.4, 0.5) is 8.78 Å². The van der Waals surface area contributed by atoms with Crippen molar-refractivity contribution in [3.63, 3.8) is 0 Å². The highest BCUT2D eigenvalue weighted by Crippen LogP contribution is 2.23. The minimum absolute atomic E-state index is 0.106. The quantitative estimate of drug-likeness (QED) is 0.694. The second kappa shape index (κ2) is 8.39. The molecule has 0 atom stereocenters. The summed E-state index contributed by atoms with van der Waals surface area (Å²) in [6.07, 6.45) is 0.653. The maximum Gasteiger partial charge on any atom is 0.224 e. The number of hydrogen-bond donors (Lipinski definition) is 1. The molecule has 0 spiro atoms. The molecule has 1 amide bonds. The first-order valence-electron chi connectivity index (χ1n) is 8.47. The Bertz CT molecular complexity index is 894. The van der Waals surface area contributed by atoms with Gasteiger partial charge in [-0.05, 0) is 41.3 Å². The first-order chi connectivity index (χ1) is 12.6. The lowest BCUT2D eigenvalue weighted by Gasteiger charge is -2.08. The molecule has 0 unspecified atom stereocenters. The Morgan fingerprint density at radius 2 is 1.65 bits per heavy atom. The number of carbonyl (C=O) groups excluding carboxylic acids is 1. The van der Waals surface area contributed by atoms with Gasteiger partial charge in [0.25, 0.3) is 0 Å². The Kier molecular flexibility index (Phi) is 5.74. The molecule has 0 aromatic heterocycles. The van der Waals surface area contributed by atoms with Crippen molar-refractivity contribution < 1.29 is 13.6 Å². The lowest BCUT2D eigenvalue weighted by molar-refractivity contribution is -0.120. The second-order valence-electron chi connectivity index (χ2n) is 6.09. The molecule has 3 aromatic carbocycles. The van der Waals surface area contributed by atoms with Crippen LogP contribution in [0.5, 0.6) is 0 Å². The number of benzene rings is 3. The van der Waals surface area contributed by atoms with Gasteiger partial charge in [-0.1, -0.05) is 54.6 Å². The topological polar surface area (TPSA) is 29.1 Å². The van der Waals surface area contributed by atoms with E-state index in [2.05, 4.69) is 5.32 Å². The number of amides is 1. The standard InChI is InChI=1S/C22H19F2NO/c23-19-8-4-5-16(13-19)11-12-25-22(26)15-17-9-10-20(21(24)14-17)18-6-2-1-3-7-18/h1-10,13-14H,11-12,15H2,(H,25,26). The average Bonchev–Trinajstić information content (AvgIpc) is 2.63. The van der Waals surface area contributed by atoms with Crippen molar-refractivity contribution in [2.45, 2.75) is 12.8 Å². The average molecular weight is 351 g/mol. The fraction of sp³-hybridized carbons (Fsp3) is 0.136. The second-order valence-corrected chi connectivity index (χ2v) is 6.09. The van der Waals surface area contributed by atoms with Gasteiger partial charge in [0.1, 0.15) is 11.6 Å². The summed E-state index contributed by atoms with van der Waals surface area (Å²) in [5.74, 6) is -0.822. The van der Waals surface area contributed by atoms with Gasteiger partial charge < -0.3 is 5.32 Å². The molecule has 132 valence electrons. The van der Waals surface area contributed by atoms with Crippen molar-refractivity contribution in [1.29, 1.82) is 0 Å². The van der Waals surface area contributed by atoms with E-state index in [1.165, 1.54) is 18.2 Å². The lowest BCUT2D eigenvalue weighted by atomic mass is 10.0. The van der Waals surface area contributed by atoms with Crippen LogP contribution in [-0.2, 0) is 17.6 Å². The van der Waals surface area contributed by atoms with E-state index in [0.29, 0.717) is 24.1 Å². The molecule has 0 fully saturated rings. The number of carbonyl (C=O) groups is 1. The molecule has 2 nitrogen and oxygen atoms in total. The van der Waals surface area contributed by atoms with Gasteiger partial charge in [0.2, 0.25) is 5.91 Å². The number of rotatable bonds is 6. The van der Waals surface area contributed by atoms with E-state index in [0.717, 1.165) is 11.1 Å². The largest absolute Gasteiger partial charge is 0.355 e. The van der Waals surface area contributed by atoms with Crippen LogP contribution in [0.2, 0.25) is 0 Å². The maximum atomic E-state index is 14.3. The molecule has 1 N–H and O–H groups in total. The van der Waals surface area contributed by atoms with E-state index < -0.39 is 0 Å². The maximum absolute atomic E-state index is 14.3. The Hall–Kier alpha value is -3.01. The van der Waals surface area contributed by atoms with Crippen molar-refractivity contribution in [1.82, 2.24) is 5.32 Å². The Balaban J connectivity index is 1.55. The molecular weight excluding hydrogens is 332 g/mol. The zero-order valence-corrected chi connectivity index (χ0v) is 14.2. The number of hydrogen-bond acceptors (Lipinski definition) is 1. The van der Waals surface area contributed by atoms with Gasteiger partial charge in [-0.25, -0.2) is 8.78 Å². The monoisotopic (exact) mass is 351 g/mol. The zero-order valence-electron chi connectivity index (χ0n) is 14.2. The van der Waals surface area contributed by atoms with Crippen LogP contribution in [0.15, 0.2) is 72.8 Å². The SMILES string of the molecule is O=C(Cc1ccc(-c2ccccc2)c(F)c1)NCCc1cccc(F)c1. The van der Waals surface area contributed by atoms with Crippen LogP contribution in [0.3, 0.4) is 0 Å². The van der Waals surface area contributed by atoms with Gasteiger partial charge in [0.15, 0.2) is 0 Å². The molecule has 0 aliphatic carbocycles. The van der Waals surface area contributed by atoms with Crippen LogP contribution in [-0.4, -0.2) is 12.5 Å². The van der Waals surface area contributed by atoms with Gasteiger partial charge in [0.05, 0.1) is 6.42 Å². The Morgan fingerprint density at radius 3 is 2.38 bits per heavy atom. The molecule has 0 radical (unpaired) electrons. The zero-order chi connectivity index (χ0) is 18.4. The third-order valence-corrected chi connectivity index (χ3v) is 4.11. The highest BCUT2D eigenvalue weighted by molar-refractivity contribution is 5.79. The smallest absolute Gasteiger partial charge is 0.224 e. The third-order valence-electron chi connectivity index (χ3n) is 4.11. The highest BCUT2D eigenvalue weighted by Gasteiger charge is 2.09. The van der Waals surface area contributed by atoms with Crippen LogP contribution < -0.4 is 5.32 Å². The summed E-state index contributed by atoms with van der Waals surface area (Å²) in [6.45, 7) is 0.410. The van der Waals surface area contributed by atoms with E-state index >= 15 is 0 Å². The van der Waals surface area contributed by atoms with E-state index in [-0.39, 0.29) is 24.0 Å². The minimum Gasteiger partial charge on any atom is -0.355 e. The molecule has 0 aliphatic heterocycles. The van der Waals surface area contributed by atoms with Gasteiger partial charge >= 0.3 is 0 Å². The van der Waals surface area contributed by atoms with E-state index in [4.69, 9.17) is 0 Å². The Morgan fingerprint density at radius 1 is 0.846 bits per heavy atom. The van der Waals surface area contributed by atoms with Crippen molar-refractivity contribution in [3.05, 3.63) is 95.6 Å². The predicted molar refractivity (Wildman–Crippen MR) is 98.7 cm³/mol. The molecule has 3 aromatic rings. The normalized spacial score (nSPS) is 10.5. The molecule has 26 heavy (non-hydrogen) atoms. The van der Waals surface area contributed by atoms with Gasteiger partial charge in [0, 0.05) is 12.1 Å².